The zero-order valence-corrected chi connectivity index (χ0v) is 13.7. The quantitative estimate of drug-likeness (QED) is 0.679. The van der Waals surface area contributed by atoms with Crippen molar-refractivity contribution in [3.8, 4) is 0 Å². The van der Waals surface area contributed by atoms with E-state index in [1.807, 2.05) is 29.6 Å². The zero-order valence-electron chi connectivity index (χ0n) is 10.5. The molecule has 0 aliphatic rings. The van der Waals surface area contributed by atoms with Gasteiger partial charge in [-0.1, -0.05) is 45.1 Å². The Balaban J connectivity index is 1.89. The summed E-state index contributed by atoms with van der Waals surface area (Å²) in [6, 6.07) is 6.77. The van der Waals surface area contributed by atoms with E-state index in [1.165, 1.54) is 23.1 Å². The molecule has 0 aliphatic carbocycles. The predicted molar refractivity (Wildman–Crippen MR) is 85.8 cm³/mol. The Labute approximate surface area is 136 Å². The second-order valence-corrected chi connectivity index (χ2v) is 6.83. The maximum atomic E-state index is 11.3. The molecule has 2 rings (SSSR count). The molecule has 0 fully saturated rings. The summed E-state index contributed by atoms with van der Waals surface area (Å²) in [6.45, 7) is 0. The highest BCUT2D eigenvalue weighted by atomic mass is 79.9. The lowest BCUT2D eigenvalue weighted by atomic mass is 10.3. The number of nitrogens with one attached hydrogen (secondary N) is 2. The lowest BCUT2D eigenvalue weighted by Gasteiger charge is -2.01. The minimum absolute atomic E-state index is 0.0501. The average Bonchev–Trinajstić information content (AvgIpc) is 2.83. The van der Waals surface area contributed by atoms with E-state index < -0.39 is 11.9 Å². The normalized spacial score (nSPS) is 10.1. The Bertz CT molecular complexity index is 664. The molecule has 0 aliphatic heterocycles. The van der Waals surface area contributed by atoms with Gasteiger partial charge >= 0.3 is 6.03 Å². The minimum Gasteiger partial charge on any atom is -0.351 e. The second-order valence-electron chi connectivity index (χ2n) is 3.71. The number of hydrogen-bond acceptors (Lipinski definition) is 7. The van der Waals surface area contributed by atoms with Crippen LogP contribution in [0, 0.1) is 0 Å². The van der Waals surface area contributed by atoms with Crippen LogP contribution in [-0.2, 0) is 4.79 Å². The van der Waals surface area contributed by atoms with Crippen LogP contribution in [0.4, 0.5) is 15.6 Å². The summed E-state index contributed by atoms with van der Waals surface area (Å²) in [4.78, 5) is 21.8. The van der Waals surface area contributed by atoms with Gasteiger partial charge in [-0.2, -0.15) is 0 Å². The summed E-state index contributed by atoms with van der Waals surface area (Å²) in [5.74, 6) is -0.418. The fourth-order valence-corrected chi connectivity index (χ4v) is 3.28. The molecule has 0 spiro atoms. The number of anilines is 2. The van der Waals surface area contributed by atoms with Gasteiger partial charge in [0.15, 0.2) is 4.34 Å². The molecule has 10 heteroatoms. The molecule has 110 valence electrons. The number of imide groups is 1. The van der Waals surface area contributed by atoms with Crippen LogP contribution in [0.25, 0.3) is 0 Å². The molecule has 21 heavy (non-hydrogen) atoms. The minimum atomic E-state index is -0.866. The molecule has 4 N–H and O–H groups in total. The molecule has 0 atom stereocenters. The zero-order chi connectivity index (χ0) is 15.2. The molecule has 1 aromatic carbocycles. The number of amides is 3. The Morgan fingerprint density at radius 3 is 2.90 bits per heavy atom. The number of nitrogens with zero attached hydrogens (tertiary/aromatic N) is 2. The third-order valence-electron chi connectivity index (χ3n) is 2.07. The van der Waals surface area contributed by atoms with E-state index in [2.05, 4.69) is 31.4 Å². The third-order valence-corrected chi connectivity index (χ3v) is 4.54. The van der Waals surface area contributed by atoms with Crippen LogP contribution in [0.15, 0.2) is 33.1 Å². The first kappa shape index (κ1) is 15.7. The number of benzene rings is 1. The molecule has 1 aromatic heterocycles. The summed E-state index contributed by atoms with van der Waals surface area (Å²) in [6.07, 6.45) is 0. The first-order valence-corrected chi connectivity index (χ1v) is 8.20. The fraction of sp³-hybridized carbons (Fsp3) is 0.0909. The number of hydrogen-bond donors (Lipinski definition) is 3. The van der Waals surface area contributed by atoms with E-state index in [1.54, 1.807) is 0 Å². The van der Waals surface area contributed by atoms with Crippen LogP contribution >= 0.6 is 39.0 Å². The molecular weight excluding hydrogens is 378 g/mol. The third kappa shape index (κ3) is 5.33. The van der Waals surface area contributed by atoms with Crippen LogP contribution in [0.2, 0.25) is 0 Å². The SMILES string of the molecule is NC(=O)NC(=O)CSc1nnc(Nc2cccc(Br)c2)s1. The summed E-state index contributed by atoms with van der Waals surface area (Å²) in [5.41, 5.74) is 5.72. The second kappa shape index (κ2) is 7.38. The number of nitrogens with two attached hydrogens (primary N) is 1. The van der Waals surface area contributed by atoms with E-state index in [0.717, 1.165) is 10.2 Å². The average molecular weight is 388 g/mol. The van der Waals surface area contributed by atoms with Crippen LogP contribution in [0.3, 0.4) is 0 Å². The predicted octanol–water partition coefficient (Wildman–Crippen LogP) is 2.33. The smallest absolute Gasteiger partial charge is 0.318 e. The number of thioether (sulfide) groups is 1. The number of carbonyl (C=O) groups is 2. The van der Waals surface area contributed by atoms with Gasteiger partial charge in [0.1, 0.15) is 0 Å². The number of urea groups is 1. The maximum absolute atomic E-state index is 11.3. The van der Waals surface area contributed by atoms with Gasteiger partial charge in [-0.15, -0.1) is 10.2 Å². The molecule has 2 aromatic rings. The topological polar surface area (TPSA) is 110 Å². The Kier molecular flexibility index (Phi) is 5.53. The largest absolute Gasteiger partial charge is 0.351 e. The van der Waals surface area contributed by atoms with Crippen molar-refractivity contribution in [2.24, 2.45) is 5.73 Å². The first-order chi connectivity index (χ1) is 10.0. The van der Waals surface area contributed by atoms with Crippen LogP contribution in [0.5, 0.6) is 0 Å². The Morgan fingerprint density at radius 1 is 1.38 bits per heavy atom. The molecule has 0 saturated carbocycles. The monoisotopic (exact) mass is 387 g/mol. The van der Waals surface area contributed by atoms with Crippen molar-refractivity contribution >= 4 is 61.8 Å². The highest BCUT2D eigenvalue weighted by molar-refractivity contribution is 9.10. The van der Waals surface area contributed by atoms with Crippen molar-refractivity contribution in [1.82, 2.24) is 15.5 Å². The highest BCUT2D eigenvalue weighted by Crippen LogP contribution is 2.28. The molecular formula is C11H10BrN5O2S2. The number of rotatable bonds is 5. The van der Waals surface area contributed by atoms with Gasteiger partial charge in [0.2, 0.25) is 11.0 Å². The summed E-state index contributed by atoms with van der Waals surface area (Å²) >= 11 is 5.88. The molecule has 0 radical (unpaired) electrons. The van der Waals surface area contributed by atoms with Crippen molar-refractivity contribution < 1.29 is 9.59 Å². The van der Waals surface area contributed by atoms with E-state index in [4.69, 9.17) is 5.73 Å². The fourth-order valence-electron chi connectivity index (χ4n) is 1.31. The number of aromatic nitrogens is 2. The van der Waals surface area contributed by atoms with Gasteiger partial charge < -0.3 is 11.1 Å². The van der Waals surface area contributed by atoms with Crippen LogP contribution in [-0.4, -0.2) is 27.9 Å². The van der Waals surface area contributed by atoms with E-state index in [9.17, 15) is 9.59 Å². The Hall–Kier alpha value is -1.65. The molecule has 0 bridgehead atoms. The Morgan fingerprint density at radius 2 is 2.19 bits per heavy atom. The standard InChI is InChI=1S/C11H10BrN5O2S2/c12-6-2-1-3-7(4-6)14-10-16-17-11(21-10)20-5-8(18)15-9(13)19/h1-4H,5H2,(H,14,16)(H3,13,15,18,19). The van der Waals surface area contributed by atoms with Gasteiger partial charge in [-0.05, 0) is 18.2 Å². The number of primary amides is 1. The number of halogens is 1. The van der Waals surface area contributed by atoms with Crippen molar-refractivity contribution in [3.63, 3.8) is 0 Å². The van der Waals surface area contributed by atoms with Gasteiger partial charge in [0.05, 0.1) is 5.75 Å². The number of carbonyl (C=O) groups excluding carboxylic acids is 2. The molecule has 7 nitrogen and oxygen atoms in total. The van der Waals surface area contributed by atoms with Crippen molar-refractivity contribution in [1.29, 1.82) is 0 Å². The summed E-state index contributed by atoms with van der Waals surface area (Å²) in [7, 11) is 0. The van der Waals surface area contributed by atoms with Gasteiger partial charge in [0, 0.05) is 10.2 Å². The van der Waals surface area contributed by atoms with Crippen LogP contribution < -0.4 is 16.4 Å². The summed E-state index contributed by atoms with van der Waals surface area (Å²) in [5, 5.41) is 13.6. The van der Waals surface area contributed by atoms with Gasteiger partial charge in [-0.25, -0.2) is 4.79 Å². The van der Waals surface area contributed by atoms with E-state index in [-0.39, 0.29) is 5.75 Å². The van der Waals surface area contributed by atoms with E-state index in [0.29, 0.717) is 9.47 Å². The van der Waals surface area contributed by atoms with E-state index >= 15 is 0 Å². The molecule has 0 unspecified atom stereocenters. The first-order valence-electron chi connectivity index (χ1n) is 5.61. The van der Waals surface area contributed by atoms with Crippen molar-refractivity contribution in [2.45, 2.75) is 4.34 Å². The maximum Gasteiger partial charge on any atom is 0.318 e. The van der Waals surface area contributed by atoms with Gasteiger partial charge in [-0.3, -0.25) is 10.1 Å². The van der Waals surface area contributed by atoms with Crippen molar-refractivity contribution in [2.75, 3.05) is 11.1 Å². The van der Waals surface area contributed by atoms with Crippen LogP contribution in [0.1, 0.15) is 0 Å². The summed E-state index contributed by atoms with van der Waals surface area (Å²) < 4.78 is 1.57. The molecule has 1 heterocycles. The van der Waals surface area contributed by atoms with Gasteiger partial charge in [0.25, 0.3) is 0 Å². The highest BCUT2D eigenvalue weighted by Gasteiger charge is 2.09. The lowest BCUT2D eigenvalue weighted by Crippen LogP contribution is -2.36. The lowest BCUT2D eigenvalue weighted by molar-refractivity contribution is -0.117. The van der Waals surface area contributed by atoms with Crippen molar-refractivity contribution in [3.05, 3.63) is 28.7 Å². The molecule has 3 amide bonds. The molecule has 0 saturated heterocycles.